The van der Waals surface area contributed by atoms with Gasteiger partial charge in [0.1, 0.15) is 17.6 Å². The van der Waals surface area contributed by atoms with Crippen LogP contribution in [0.2, 0.25) is 0 Å². The van der Waals surface area contributed by atoms with E-state index in [0.717, 1.165) is 11.3 Å². The Labute approximate surface area is 158 Å². The van der Waals surface area contributed by atoms with Crippen LogP contribution in [0.1, 0.15) is 23.6 Å². The number of nitrogens with one attached hydrogen (secondary N) is 2. The van der Waals surface area contributed by atoms with Crippen LogP contribution in [0.3, 0.4) is 0 Å². The summed E-state index contributed by atoms with van der Waals surface area (Å²) in [6.45, 7) is 3.46. The lowest BCUT2D eigenvalue weighted by Crippen LogP contribution is -2.44. The average molecular weight is 370 g/mol. The number of amides is 2. The number of methoxy groups -OCH3 is 1. The number of hydrogen-bond donors (Lipinski definition) is 2. The minimum atomic E-state index is -0.715. The number of ether oxygens (including phenoxy) is 1. The summed E-state index contributed by atoms with van der Waals surface area (Å²) in [7, 11) is 1.58. The SMILES string of the molecule is COc1ccc(/C=C/C(=O)NC(C)C(=O)NCc2ccc(C)c(F)c2)cc1. The van der Waals surface area contributed by atoms with Crippen molar-refractivity contribution < 1.29 is 18.7 Å². The highest BCUT2D eigenvalue weighted by Gasteiger charge is 2.14. The van der Waals surface area contributed by atoms with Crippen LogP contribution in [0.25, 0.3) is 6.08 Å². The molecule has 2 amide bonds. The molecule has 0 aliphatic carbocycles. The maximum Gasteiger partial charge on any atom is 0.244 e. The normalized spacial score (nSPS) is 11.9. The van der Waals surface area contributed by atoms with Crippen LogP contribution in [0.4, 0.5) is 4.39 Å². The second-order valence-corrected chi connectivity index (χ2v) is 6.14. The summed E-state index contributed by atoms with van der Waals surface area (Å²) >= 11 is 0. The molecule has 0 bridgehead atoms. The lowest BCUT2D eigenvalue weighted by molar-refractivity contribution is -0.126. The third kappa shape index (κ3) is 6.26. The van der Waals surface area contributed by atoms with Crippen LogP contribution >= 0.6 is 0 Å². The van der Waals surface area contributed by atoms with Crippen molar-refractivity contribution in [2.24, 2.45) is 0 Å². The number of rotatable bonds is 7. The van der Waals surface area contributed by atoms with E-state index >= 15 is 0 Å². The quantitative estimate of drug-likeness (QED) is 0.737. The van der Waals surface area contributed by atoms with Gasteiger partial charge >= 0.3 is 0 Å². The summed E-state index contributed by atoms with van der Waals surface area (Å²) in [5.74, 6) is -0.306. The molecule has 6 heteroatoms. The zero-order valence-corrected chi connectivity index (χ0v) is 15.6. The van der Waals surface area contributed by atoms with E-state index in [1.807, 2.05) is 12.1 Å². The van der Waals surface area contributed by atoms with Gasteiger partial charge in [0.05, 0.1) is 7.11 Å². The van der Waals surface area contributed by atoms with Crippen LogP contribution < -0.4 is 15.4 Å². The number of carbonyl (C=O) groups is 2. The van der Waals surface area contributed by atoms with Gasteiger partial charge in [0.2, 0.25) is 11.8 Å². The minimum Gasteiger partial charge on any atom is -0.497 e. The van der Waals surface area contributed by atoms with Crippen molar-refractivity contribution in [2.45, 2.75) is 26.4 Å². The van der Waals surface area contributed by atoms with E-state index in [1.54, 1.807) is 51.3 Å². The van der Waals surface area contributed by atoms with Crippen molar-refractivity contribution in [3.05, 3.63) is 71.0 Å². The van der Waals surface area contributed by atoms with Gasteiger partial charge in [-0.25, -0.2) is 4.39 Å². The van der Waals surface area contributed by atoms with Gasteiger partial charge in [0.25, 0.3) is 0 Å². The van der Waals surface area contributed by atoms with E-state index in [0.29, 0.717) is 11.1 Å². The number of carbonyl (C=O) groups excluding carboxylic acids is 2. The van der Waals surface area contributed by atoms with E-state index in [4.69, 9.17) is 4.74 Å². The molecule has 0 saturated carbocycles. The predicted molar refractivity (Wildman–Crippen MR) is 103 cm³/mol. The largest absolute Gasteiger partial charge is 0.497 e. The molecule has 0 aliphatic heterocycles. The Hall–Kier alpha value is -3.15. The van der Waals surface area contributed by atoms with Crippen LogP contribution in [0.15, 0.2) is 48.5 Å². The Morgan fingerprint density at radius 3 is 2.52 bits per heavy atom. The topological polar surface area (TPSA) is 67.4 Å². The van der Waals surface area contributed by atoms with Gasteiger partial charge in [-0.1, -0.05) is 24.3 Å². The highest BCUT2D eigenvalue weighted by atomic mass is 19.1. The first-order valence-electron chi connectivity index (χ1n) is 8.54. The van der Waals surface area contributed by atoms with E-state index in [1.165, 1.54) is 12.1 Å². The summed E-state index contributed by atoms with van der Waals surface area (Å²) in [5.41, 5.74) is 2.04. The molecule has 2 rings (SSSR count). The molecule has 0 aliphatic rings. The van der Waals surface area contributed by atoms with Crippen LogP contribution in [0.5, 0.6) is 5.75 Å². The first-order valence-corrected chi connectivity index (χ1v) is 8.54. The Balaban J connectivity index is 1.82. The fourth-order valence-electron chi connectivity index (χ4n) is 2.30. The standard InChI is InChI=1S/C21H23FN2O3/c1-14-4-5-17(12-19(14)22)13-23-21(26)15(2)24-20(25)11-8-16-6-9-18(27-3)10-7-16/h4-12,15H,13H2,1-3H3,(H,23,26)(H,24,25)/b11-8+. The molecule has 0 saturated heterocycles. The Morgan fingerprint density at radius 2 is 1.89 bits per heavy atom. The molecular formula is C21H23FN2O3. The average Bonchev–Trinajstić information content (AvgIpc) is 2.67. The number of halogens is 1. The minimum absolute atomic E-state index is 0.192. The van der Waals surface area contributed by atoms with Crippen molar-refractivity contribution in [2.75, 3.05) is 7.11 Å². The maximum absolute atomic E-state index is 13.5. The zero-order chi connectivity index (χ0) is 19.8. The summed E-state index contributed by atoms with van der Waals surface area (Å²) < 4.78 is 18.6. The van der Waals surface area contributed by atoms with Crippen molar-refractivity contribution >= 4 is 17.9 Å². The molecule has 142 valence electrons. The zero-order valence-electron chi connectivity index (χ0n) is 15.6. The molecule has 0 radical (unpaired) electrons. The molecule has 0 spiro atoms. The van der Waals surface area contributed by atoms with Gasteiger partial charge in [-0.2, -0.15) is 0 Å². The van der Waals surface area contributed by atoms with Gasteiger partial charge < -0.3 is 15.4 Å². The van der Waals surface area contributed by atoms with Gasteiger partial charge in [-0.05, 0) is 54.8 Å². The van der Waals surface area contributed by atoms with E-state index in [9.17, 15) is 14.0 Å². The van der Waals surface area contributed by atoms with Gasteiger partial charge in [-0.3, -0.25) is 9.59 Å². The Morgan fingerprint density at radius 1 is 1.19 bits per heavy atom. The van der Waals surface area contributed by atoms with Crippen LogP contribution in [-0.4, -0.2) is 25.0 Å². The molecule has 0 heterocycles. The highest BCUT2D eigenvalue weighted by Crippen LogP contribution is 2.12. The molecule has 1 atom stereocenters. The molecule has 0 aromatic heterocycles. The maximum atomic E-state index is 13.5. The molecule has 1 unspecified atom stereocenters. The van der Waals surface area contributed by atoms with Crippen molar-refractivity contribution in [1.29, 1.82) is 0 Å². The summed E-state index contributed by atoms with van der Waals surface area (Å²) in [6.07, 6.45) is 3.01. The highest BCUT2D eigenvalue weighted by molar-refractivity contribution is 5.95. The summed E-state index contributed by atoms with van der Waals surface area (Å²) in [4.78, 5) is 24.0. The molecule has 2 aromatic carbocycles. The van der Waals surface area contributed by atoms with E-state index in [2.05, 4.69) is 10.6 Å². The summed E-state index contributed by atoms with van der Waals surface area (Å²) in [5, 5.41) is 5.27. The lowest BCUT2D eigenvalue weighted by atomic mass is 10.1. The van der Waals surface area contributed by atoms with Crippen molar-refractivity contribution in [3.8, 4) is 5.75 Å². The first kappa shape index (κ1) is 20.2. The van der Waals surface area contributed by atoms with Crippen LogP contribution in [0, 0.1) is 12.7 Å². The van der Waals surface area contributed by atoms with Crippen molar-refractivity contribution in [1.82, 2.24) is 10.6 Å². The first-order chi connectivity index (χ1) is 12.9. The molecular weight excluding hydrogens is 347 g/mol. The van der Waals surface area contributed by atoms with Crippen LogP contribution in [-0.2, 0) is 16.1 Å². The second kappa shape index (κ2) is 9.52. The molecule has 2 aromatic rings. The second-order valence-electron chi connectivity index (χ2n) is 6.14. The fourth-order valence-corrected chi connectivity index (χ4v) is 2.30. The molecule has 0 fully saturated rings. The fraction of sp³-hybridized carbons (Fsp3) is 0.238. The van der Waals surface area contributed by atoms with Gasteiger partial charge in [-0.15, -0.1) is 0 Å². The molecule has 27 heavy (non-hydrogen) atoms. The molecule has 2 N–H and O–H groups in total. The van der Waals surface area contributed by atoms with E-state index < -0.39 is 6.04 Å². The van der Waals surface area contributed by atoms with Gasteiger partial charge in [0.15, 0.2) is 0 Å². The third-order valence-electron chi connectivity index (χ3n) is 4.00. The monoisotopic (exact) mass is 370 g/mol. The molecule has 5 nitrogen and oxygen atoms in total. The number of hydrogen-bond acceptors (Lipinski definition) is 3. The number of aryl methyl sites for hydroxylation is 1. The van der Waals surface area contributed by atoms with Crippen molar-refractivity contribution in [3.63, 3.8) is 0 Å². The lowest BCUT2D eigenvalue weighted by Gasteiger charge is -2.13. The Bertz CT molecular complexity index is 832. The third-order valence-corrected chi connectivity index (χ3v) is 4.00. The predicted octanol–water partition coefficient (Wildman–Crippen LogP) is 2.98. The Kier molecular flexibility index (Phi) is 7.11. The van der Waals surface area contributed by atoms with Gasteiger partial charge in [0, 0.05) is 12.6 Å². The number of benzene rings is 2. The smallest absolute Gasteiger partial charge is 0.244 e. The van der Waals surface area contributed by atoms with E-state index in [-0.39, 0.29) is 24.2 Å². The summed E-state index contributed by atoms with van der Waals surface area (Å²) in [6, 6.07) is 11.3.